The zero-order valence-corrected chi connectivity index (χ0v) is 13.7. The maximum atomic E-state index is 12.7. The normalized spacial score (nSPS) is 17.1. The summed E-state index contributed by atoms with van der Waals surface area (Å²) in [4.78, 5) is 24.6. The van der Waals surface area contributed by atoms with E-state index >= 15 is 0 Å². The van der Waals surface area contributed by atoms with Crippen molar-refractivity contribution in [1.29, 1.82) is 0 Å². The summed E-state index contributed by atoms with van der Waals surface area (Å²) in [5, 5.41) is 8.88. The Balaban J connectivity index is 1.94. The zero-order chi connectivity index (χ0) is 17.1. The van der Waals surface area contributed by atoms with Crippen LogP contribution in [0.25, 0.3) is 0 Å². The number of rotatable bonds is 3. The van der Waals surface area contributed by atoms with E-state index in [2.05, 4.69) is 16.0 Å². The van der Waals surface area contributed by atoms with Crippen LogP contribution in [0.3, 0.4) is 0 Å². The van der Waals surface area contributed by atoms with E-state index in [0.29, 0.717) is 22.0 Å². The van der Waals surface area contributed by atoms with Crippen LogP contribution in [0.15, 0.2) is 65.9 Å². The molecule has 2 aromatic rings. The van der Waals surface area contributed by atoms with Crippen LogP contribution in [0.1, 0.15) is 18.5 Å². The van der Waals surface area contributed by atoms with Crippen LogP contribution in [0.2, 0.25) is 5.02 Å². The van der Waals surface area contributed by atoms with Gasteiger partial charge in [0.15, 0.2) is 0 Å². The zero-order valence-electron chi connectivity index (χ0n) is 13.0. The van der Waals surface area contributed by atoms with Gasteiger partial charge in [-0.15, -0.1) is 0 Å². The number of anilines is 1. The molecule has 0 fully saturated rings. The highest BCUT2D eigenvalue weighted by Gasteiger charge is 2.31. The van der Waals surface area contributed by atoms with E-state index in [9.17, 15) is 9.59 Å². The van der Waals surface area contributed by atoms with Gasteiger partial charge < -0.3 is 16.0 Å². The average molecular weight is 342 g/mol. The lowest BCUT2D eigenvalue weighted by molar-refractivity contribution is -0.113. The second kappa shape index (κ2) is 6.76. The van der Waals surface area contributed by atoms with Crippen molar-refractivity contribution in [2.75, 3.05) is 5.32 Å². The smallest absolute Gasteiger partial charge is 0.319 e. The number of hydrogen-bond donors (Lipinski definition) is 3. The summed E-state index contributed by atoms with van der Waals surface area (Å²) in [6.45, 7) is 1.71. The summed E-state index contributed by atoms with van der Waals surface area (Å²) in [7, 11) is 0. The highest BCUT2D eigenvalue weighted by Crippen LogP contribution is 2.28. The van der Waals surface area contributed by atoms with Crippen molar-refractivity contribution in [3.63, 3.8) is 0 Å². The van der Waals surface area contributed by atoms with Gasteiger partial charge in [0.1, 0.15) is 0 Å². The molecule has 6 heteroatoms. The van der Waals surface area contributed by atoms with E-state index in [1.54, 1.807) is 43.3 Å². The Morgan fingerprint density at radius 3 is 2.42 bits per heavy atom. The number of benzene rings is 2. The maximum absolute atomic E-state index is 12.7. The lowest BCUT2D eigenvalue weighted by Crippen LogP contribution is -2.45. The molecule has 0 aliphatic carbocycles. The lowest BCUT2D eigenvalue weighted by Gasteiger charge is -2.28. The van der Waals surface area contributed by atoms with Crippen molar-refractivity contribution in [3.8, 4) is 0 Å². The largest absolute Gasteiger partial charge is 0.327 e. The summed E-state index contributed by atoms with van der Waals surface area (Å²) in [5.41, 5.74) is 2.45. The van der Waals surface area contributed by atoms with Crippen LogP contribution in [0.5, 0.6) is 0 Å². The molecular formula is C18H16ClN3O2. The van der Waals surface area contributed by atoms with Crippen LogP contribution in [-0.4, -0.2) is 11.9 Å². The van der Waals surface area contributed by atoms with E-state index in [1.165, 1.54) is 0 Å². The molecule has 0 spiro atoms. The molecule has 1 aliphatic rings. The van der Waals surface area contributed by atoms with E-state index in [4.69, 9.17) is 11.6 Å². The minimum absolute atomic E-state index is 0.272. The van der Waals surface area contributed by atoms with E-state index in [0.717, 1.165) is 5.56 Å². The maximum Gasteiger partial charge on any atom is 0.319 e. The number of urea groups is 1. The molecule has 3 N–H and O–H groups in total. The van der Waals surface area contributed by atoms with Gasteiger partial charge in [0.2, 0.25) is 0 Å². The van der Waals surface area contributed by atoms with Gasteiger partial charge in [-0.05, 0) is 36.8 Å². The lowest BCUT2D eigenvalue weighted by atomic mass is 9.95. The van der Waals surface area contributed by atoms with Crippen molar-refractivity contribution in [2.45, 2.75) is 13.0 Å². The number of carbonyl (C=O) groups is 2. The van der Waals surface area contributed by atoms with Gasteiger partial charge in [-0.2, -0.15) is 0 Å². The summed E-state index contributed by atoms with van der Waals surface area (Å²) in [6.07, 6.45) is 0. The first-order valence-corrected chi connectivity index (χ1v) is 7.82. The fourth-order valence-electron chi connectivity index (χ4n) is 2.62. The highest BCUT2D eigenvalue weighted by molar-refractivity contribution is 6.30. The molecule has 3 amide bonds. The van der Waals surface area contributed by atoms with Crippen molar-refractivity contribution in [3.05, 3.63) is 76.5 Å². The molecule has 5 nitrogen and oxygen atoms in total. The third-order valence-corrected chi connectivity index (χ3v) is 4.00. The third-order valence-electron chi connectivity index (χ3n) is 3.75. The molecule has 0 bridgehead atoms. The summed E-state index contributed by atoms with van der Waals surface area (Å²) in [6, 6.07) is 15.3. The average Bonchev–Trinajstić information content (AvgIpc) is 2.55. The predicted molar refractivity (Wildman–Crippen MR) is 93.6 cm³/mol. The quantitative estimate of drug-likeness (QED) is 0.798. The van der Waals surface area contributed by atoms with E-state index < -0.39 is 6.04 Å². The number of para-hydroxylation sites is 1. The fraction of sp³-hybridized carbons (Fsp3) is 0.111. The van der Waals surface area contributed by atoms with Crippen molar-refractivity contribution < 1.29 is 9.59 Å². The second-order valence-electron chi connectivity index (χ2n) is 5.44. The molecule has 122 valence electrons. The molecule has 0 aromatic heterocycles. The Bertz CT molecular complexity index is 801. The molecule has 0 saturated heterocycles. The molecule has 1 heterocycles. The first-order chi connectivity index (χ1) is 11.5. The minimum atomic E-state index is -0.542. The third kappa shape index (κ3) is 3.41. The molecule has 3 rings (SSSR count). The SMILES string of the molecule is CC1=C(C(=O)Nc2ccccc2)[C@H](c2ccc(Cl)cc2)NC(=O)N1. The molecule has 0 saturated carbocycles. The van der Waals surface area contributed by atoms with Crippen LogP contribution >= 0.6 is 11.6 Å². The highest BCUT2D eigenvalue weighted by atomic mass is 35.5. The minimum Gasteiger partial charge on any atom is -0.327 e. The second-order valence-corrected chi connectivity index (χ2v) is 5.88. The molecule has 2 aromatic carbocycles. The van der Waals surface area contributed by atoms with Gasteiger partial charge in [-0.3, -0.25) is 4.79 Å². The summed E-state index contributed by atoms with van der Waals surface area (Å²) in [5.74, 6) is -0.272. The number of carbonyl (C=O) groups excluding carboxylic acids is 2. The molecule has 0 unspecified atom stereocenters. The standard InChI is InChI=1S/C18H16ClN3O2/c1-11-15(17(23)21-14-5-3-2-4-6-14)16(22-18(24)20-11)12-7-9-13(19)10-8-12/h2-10,16H,1H3,(H,21,23)(H2,20,22,24)/t16-/m0/s1. The van der Waals surface area contributed by atoms with Crippen molar-refractivity contribution >= 4 is 29.2 Å². The molecule has 0 radical (unpaired) electrons. The van der Waals surface area contributed by atoms with Gasteiger partial charge in [0.25, 0.3) is 5.91 Å². The number of amides is 3. The summed E-state index contributed by atoms with van der Waals surface area (Å²) < 4.78 is 0. The molecular weight excluding hydrogens is 326 g/mol. The Kier molecular flexibility index (Phi) is 4.53. The number of halogens is 1. The van der Waals surface area contributed by atoms with Crippen LogP contribution in [-0.2, 0) is 4.79 Å². The molecule has 24 heavy (non-hydrogen) atoms. The van der Waals surface area contributed by atoms with Gasteiger partial charge >= 0.3 is 6.03 Å². The Morgan fingerprint density at radius 1 is 1.08 bits per heavy atom. The summed E-state index contributed by atoms with van der Waals surface area (Å²) >= 11 is 5.92. The van der Waals surface area contributed by atoms with Crippen LogP contribution in [0.4, 0.5) is 10.5 Å². The Morgan fingerprint density at radius 2 is 1.75 bits per heavy atom. The van der Waals surface area contributed by atoms with Gasteiger partial charge in [-0.1, -0.05) is 41.9 Å². The van der Waals surface area contributed by atoms with Crippen molar-refractivity contribution in [1.82, 2.24) is 10.6 Å². The number of allylic oxidation sites excluding steroid dienone is 1. The molecule has 1 aliphatic heterocycles. The van der Waals surface area contributed by atoms with Gasteiger partial charge in [0, 0.05) is 16.4 Å². The van der Waals surface area contributed by atoms with E-state index in [1.807, 2.05) is 18.2 Å². The first-order valence-electron chi connectivity index (χ1n) is 7.45. The Hall–Kier alpha value is -2.79. The van der Waals surface area contributed by atoms with Gasteiger partial charge in [-0.25, -0.2) is 4.79 Å². The van der Waals surface area contributed by atoms with Gasteiger partial charge in [0.05, 0.1) is 11.6 Å². The number of nitrogens with one attached hydrogen (secondary N) is 3. The van der Waals surface area contributed by atoms with Crippen molar-refractivity contribution in [2.24, 2.45) is 0 Å². The van der Waals surface area contributed by atoms with Crippen LogP contribution in [0, 0.1) is 0 Å². The topological polar surface area (TPSA) is 70.2 Å². The monoisotopic (exact) mass is 341 g/mol. The molecule has 1 atom stereocenters. The van der Waals surface area contributed by atoms with E-state index in [-0.39, 0.29) is 11.9 Å². The first kappa shape index (κ1) is 16.1. The predicted octanol–water partition coefficient (Wildman–Crippen LogP) is 3.61. The number of hydrogen-bond acceptors (Lipinski definition) is 2. The Labute approximate surface area is 144 Å². The van der Waals surface area contributed by atoms with Crippen LogP contribution < -0.4 is 16.0 Å². The fourth-order valence-corrected chi connectivity index (χ4v) is 2.75.